The lowest BCUT2D eigenvalue weighted by Crippen LogP contribution is -2.52. The zero-order chi connectivity index (χ0) is 30.4. The first-order valence-electron chi connectivity index (χ1n) is 16.0. The van der Waals surface area contributed by atoms with E-state index in [2.05, 4.69) is 100 Å². The molecular weight excluding hydrogens is 549 g/mol. The number of allylic oxidation sites excluding steroid dienone is 1. The molecule has 0 radical (unpaired) electrons. The van der Waals surface area contributed by atoms with Gasteiger partial charge in [0.2, 0.25) is 11.8 Å². The van der Waals surface area contributed by atoms with Crippen LogP contribution in [0.2, 0.25) is 0 Å². The van der Waals surface area contributed by atoms with Crippen molar-refractivity contribution in [2.45, 2.75) is 84.5 Å². The van der Waals surface area contributed by atoms with Crippen molar-refractivity contribution in [3.05, 3.63) is 77.5 Å². The lowest BCUT2D eigenvalue weighted by atomic mass is 9.52. The Bertz CT molecular complexity index is 1470. The number of likely N-dealkylation sites (tertiary alicyclic amines) is 1. The molecule has 3 aromatic rings. The Kier molecular flexibility index (Phi) is 8.27. The van der Waals surface area contributed by atoms with E-state index in [1.54, 1.807) is 11.9 Å². The fourth-order valence-electron chi connectivity index (χ4n) is 8.15. The van der Waals surface area contributed by atoms with E-state index in [-0.39, 0.29) is 5.41 Å². The van der Waals surface area contributed by atoms with E-state index in [9.17, 15) is 0 Å². The molecule has 6 rings (SSSR count). The summed E-state index contributed by atoms with van der Waals surface area (Å²) in [7, 11) is 0. The number of aryl methyl sites for hydroxylation is 2. The van der Waals surface area contributed by atoms with Crippen molar-refractivity contribution in [2.75, 3.05) is 24.4 Å². The van der Waals surface area contributed by atoms with Gasteiger partial charge in [-0.3, -0.25) is 4.72 Å². The van der Waals surface area contributed by atoms with Gasteiger partial charge in [-0.1, -0.05) is 57.7 Å². The van der Waals surface area contributed by atoms with Crippen LogP contribution in [0.5, 0.6) is 5.88 Å². The monoisotopic (exact) mass is 596 g/mol. The van der Waals surface area contributed by atoms with Crippen LogP contribution in [-0.4, -0.2) is 34.6 Å². The molecule has 5 nitrogen and oxygen atoms in total. The van der Waals surface area contributed by atoms with Gasteiger partial charge in [0.15, 0.2) is 0 Å². The molecule has 228 valence electrons. The maximum absolute atomic E-state index is 6.71. The Morgan fingerprint density at radius 1 is 1.09 bits per heavy atom. The van der Waals surface area contributed by atoms with Gasteiger partial charge in [-0.25, -0.2) is 4.98 Å². The summed E-state index contributed by atoms with van der Waals surface area (Å²) in [6.07, 6.45) is 6.27. The minimum absolute atomic E-state index is 0.181. The normalized spacial score (nSPS) is 25.5. The molecule has 2 aliphatic heterocycles. The average Bonchev–Trinajstić information content (AvgIpc) is 2.93. The Balaban J connectivity index is 1.36. The molecule has 1 aromatic heterocycles. The van der Waals surface area contributed by atoms with Gasteiger partial charge < -0.3 is 9.64 Å². The van der Waals surface area contributed by atoms with Crippen molar-refractivity contribution in [1.82, 2.24) is 14.9 Å². The molecule has 2 fully saturated rings. The molecule has 1 saturated carbocycles. The molecule has 3 heterocycles. The van der Waals surface area contributed by atoms with Crippen molar-refractivity contribution in [1.29, 1.82) is 0 Å². The van der Waals surface area contributed by atoms with E-state index < -0.39 is 0 Å². The number of piperidine rings is 1. The molecule has 1 aliphatic carbocycles. The topological polar surface area (TPSA) is 50.3 Å². The quantitative estimate of drug-likeness (QED) is 0.303. The van der Waals surface area contributed by atoms with Crippen molar-refractivity contribution in [3.8, 4) is 17.1 Å². The number of benzene rings is 2. The predicted octanol–water partition coefficient (Wildman–Crippen LogP) is 9.43. The second-order valence-corrected chi connectivity index (χ2v) is 15.6. The number of aromatic nitrogens is 2. The van der Waals surface area contributed by atoms with Gasteiger partial charge in [-0.2, -0.15) is 4.98 Å². The lowest BCUT2D eigenvalue weighted by molar-refractivity contribution is -0.0377. The Hall–Kier alpha value is -2.99. The van der Waals surface area contributed by atoms with Crippen molar-refractivity contribution in [3.63, 3.8) is 0 Å². The number of anilines is 1. The summed E-state index contributed by atoms with van der Waals surface area (Å²) in [4.78, 5) is 13.5. The number of nitrogens with one attached hydrogen (secondary N) is 1. The second kappa shape index (κ2) is 11.8. The number of rotatable bonds is 4. The van der Waals surface area contributed by atoms with Crippen LogP contribution in [-0.2, 0) is 0 Å². The summed E-state index contributed by atoms with van der Waals surface area (Å²) in [5.74, 6) is 2.67. The first-order chi connectivity index (χ1) is 20.5. The summed E-state index contributed by atoms with van der Waals surface area (Å²) >= 11 is 1.59. The summed E-state index contributed by atoms with van der Waals surface area (Å²) in [5, 5.41) is 0. The van der Waals surface area contributed by atoms with Crippen LogP contribution >= 0.6 is 11.9 Å². The minimum Gasteiger partial charge on any atom is -0.477 e. The number of nitrogens with zero attached hydrogens (tertiary/aromatic N) is 3. The third-order valence-electron chi connectivity index (χ3n) is 9.87. The maximum atomic E-state index is 6.71. The standard InChI is InChI=1S/C37H48N4OS/c1-24(2)41-16-10-15-37(23-41)20-28(21-37)34-27-13-9-14-30(17-27)43-40-35-38-31(33-25(3)11-8-12-26(33)4)18-32(39-35)42-22-29(34)19-36(5,6)7/h8-9,11-14,17-18,28-29,34H,1,10,15-16,19-23H2,2-7H3,(H,38,39,40). The zero-order valence-corrected chi connectivity index (χ0v) is 27.7. The summed E-state index contributed by atoms with van der Waals surface area (Å²) in [6, 6.07) is 17.6. The summed E-state index contributed by atoms with van der Waals surface area (Å²) in [6.45, 7) is 20.8. The molecule has 2 aromatic carbocycles. The molecule has 4 bridgehead atoms. The summed E-state index contributed by atoms with van der Waals surface area (Å²) < 4.78 is 10.1. The van der Waals surface area contributed by atoms with Gasteiger partial charge in [-0.15, -0.1) is 0 Å². The molecular formula is C37H48N4OS. The van der Waals surface area contributed by atoms with E-state index in [0.29, 0.717) is 41.6 Å². The van der Waals surface area contributed by atoms with Crippen molar-refractivity contribution in [2.24, 2.45) is 22.7 Å². The highest BCUT2D eigenvalue weighted by Gasteiger charge is 2.51. The average molecular weight is 597 g/mol. The van der Waals surface area contributed by atoms with Crippen LogP contribution in [0.4, 0.5) is 5.95 Å². The van der Waals surface area contributed by atoms with Crippen LogP contribution < -0.4 is 9.46 Å². The molecule has 1 saturated heterocycles. The highest BCUT2D eigenvalue weighted by molar-refractivity contribution is 8.00. The first-order valence-corrected chi connectivity index (χ1v) is 16.8. The fourth-order valence-corrected chi connectivity index (χ4v) is 8.79. The van der Waals surface area contributed by atoms with E-state index in [0.717, 1.165) is 30.8 Å². The van der Waals surface area contributed by atoms with Crippen molar-refractivity contribution < 1.29 is 4.74 Å². The number of fused-ring (bicyclic) bond motifs is 4. The van der Waals surface area contributed by atoms with E-state index >= 15 is 0 Å². The van der Waals surface area contributed by atoms with Crippen LogP contribution in [0.15, 0.2) is 65.7 Å². The molecule has 1 N–H and O–H groups in total. The number of hydrogen-bond donors (Lipinski definition) is 1. The van der Waals surface area contributed by atoms with Gasteiger partial charge in [0.05, 0.1) is 12.3 Å². The van der Waals surface area contributed by atoms with E-state index in [4.69, 9.17) is 14.7 Å². The molecule has 0 amide bonds. The largest absolute Gasteiger partial charge is 0.477 e. The van der Waals surface area contributed by atoms with Crippen LogP contribution in [0.3, 0.4) is 0 Å². The second-order valence-electron chi connectivity index (χ2n) is 14.7. The van der Waals surface area contributed by atoms with E-state index in [1.807, 2.05) is 6.07 Å². The van der Waals surface area contributed by atoms with Gasteiger partial charge in [0.25, 0.3) is 0 Å². The Morgan fingerprint density at radius 3 is 2.56 bits per heavy atom. The van der Waals surface area contributed by atoms with Crippen LogP contribution in [0.1, 0.15) is 82.4 Å². The van der Waals surface area contributed by atoms with Crippen LogP contribution in [0.25, 0.3) is 11.3 Å². The highest BCUT2D eigenvalue weighted by Crippen LogP contribution is 2.58. The third-order valence-corrected chi connectivity index (χ3v) is 10.6. The number of ether oxygens (including phenoxy) is 1. The zero-order valence-electron chi connectivity index (χ0n) is 26.9. The SMILES string of the molecule is C=C(C)N1CCCC2(CC(C3c4cccc(c4)SNc4nc(cc(-c5c(C)cccc5C)n4)OCC3CC(C)(C)C)C2)C1. The third kappa shape index (κ3) is 6.60. The van der Waals surface area contributed by atoms with Gasteiger partial charge in [-0.05, 0) is 116 Å². The molecule has 2 unspecified atom stereocenters. The lowest BCUT2D eigenvalue weighted by Gasteiger charge is -2.57. The minimum atomic E-state index is 0.181. The molecule has 43 heavy (non-hydrogen) atoms. The molecule has 1 spiro atoms. The fraction of sp³-hybridized carbons (Fsp3) is 0.514. The Morgan fingerprint density at radius 2 is 1.84 bits per heavy atom. The Labute approximate surface area is 263 Å². The molecule has 2 atom stereocenters. The van der Waals surface area contributed by atoms with Gasteiger partial charge in [0.1, 0.15) is 0 Å². The molecule has 6 heteroatoms. The maximum Gasteiger partial charge on any atom is 0.237 e. The molecule has 3 aliphatic rings. The predicted molar refractivity (Wildman–Crippen MR) is 179 cm³/mol. The van der Waals surface area contributed by atoms with Crippen LogP contribution in [0, 0.1) is 36.5 Å². The van der Waals surface area contributed by atoms with Gasteiger partial charge >= 0.3 is 0 Å². The number of hydrogen-bond acceptors (Lipinski definition) is 6. The smallest absolute Gasteiger partial charge is 0.237 e. The highest BCUT2D eigenvalue weighted by atomic mass is 32.2. The summed E-state index contributed by atoms with van der Waals surface area (Å²) in [5.41, 5.74) is 7.72. The first kappa shape index (κ1) is 30.1. The van der Waals surface area contributed by atoms with Gasteiger partial charge in [0, 0.05) is 41.2 Å². The van der Waals surface area contributed by atoms with Crippen molar-refractivity contribution >= 4 is 17.9 Å². The van der Waals surface area contributed by atoms with E-state index in [1.165, 1.54) is 53.0 Å².